The van der Waals surface area contributed by atoms with Crippen LogP contribution in [-0.4, -0.2) is 11.2 Å². The van der Waals surface area contributed by atoms with Crippen LogP contribution in [0.25, 0.3) is 43.6 Å². The Kier molecular flexibility index (Phi) is 5.17. The van der Waals surface area contributed by atoms with Crippen molar-refractivity contribution in [3.8, 4) is 11.3 Å². The molecule has 0 N–H and O–H groups in total. The molecule has 0 aliphatic carbocycles. The zero-order chi connectivity index (χ0) is 25.4. The Labute approximate surface area is 212 Å². The van der Waals surface area contributed by atoms with Crippen LogP contribution in [0.5, 0.6) is 0 Å². The van der Waals surface area contributed by atoms with E-state index < -0.39 is 11.6 Å². The highest BCUT2D eigenvalue weighted by Gasteiger charge is 2.47. The molecule has 5 heteroatoms. The van der Waals surface area contributed by atoms with E-state index in [1.807, 2.05) is 24.3 Å². The highest BCUT2D eigenvalue weighted by molar-refractivity contribution is 8.00. The number of hydrogen-bond donors (Lipinski definition) is 0. The van der Waals surface area contributed by atoms with Crippen LogP contribution in [-0.2, 0) is 6.42 Å². The van der Waals surface area contributed by atoms with E-state index in [0.717, 1.165) is 43.3 Å². The molecule has 5 aromatic rings. The molecule has 0 amide bonds. The first kappa shape index (κ1) is 23.4. The highest BCUT2D eigenvalue weighted by atomic mass is 32.2. The van der Waals surface area contributed by atoms with Gasteiger partial charge < -0.3 is 0 Å². The average molecular weight is 502 g/mol. The fourth-order valence-corrected chi connectivity index (χ4v) is 6.97. The molecule has 1 aliphatic rings. The smallest absolute Gasteiger partial charge is 0.256 e. The summed E-state index contributed by atoms with van der Waals surface area (Å²) in [6, 6.07) is 20.5. The lowest BCUT2D eigenvalue weighted by molar-refractivity contribution is -0.210. The van der Waals surface area contributed by atoms with Gasteiger partial charge in [-0.15, -0.1) is 0 Å². The van der Waals surface area contributed by atoms with Crippen LogP contribution in [0, 0.1) is 5.41 Å². The number of benzene rings is 4. The summed E-state index contributed by atoms with van der Waals surface area (Å²) >= 11 is 1.76. The first-order valence-electron chi connectivity index (χ1n) is 12.2. The number of nitrogens with zero attached hydrogens (tertiary/aromatic N) is 1. The third-order valence-electron chi connectivity index (χ3n) is 7.42. The van der Waals surface area contributed by atoms with Gasteiger partial charge in [-0.3, -0.25) is 4.98 Å². The topological polar surface area (TPSA) is 12.9 Å². The van der Waals surface area contributed by atoms with Gasteiger partial charge in [-0.25, -0.2) is 0 Å². The maximum atomic E-state index is 13.8. The van der Waals surface area contributed by atoms with Crippen molar-refractivity contribution in [2.24, 2.45) is 5.41 Å². The normalized spacial score (nSPS) is 13.7. The number of fused-ring (bicyclic) bond motifs is 5. The molecule has 1 aliphatic heterocycles. The second kappa shape index (κ2) is 7.97. The first-order valence-corrected chi connectivity index (χ1v) is 13.0. The van der Waals surface area contributed by atoms with Crippen molar-refractivity contribution >= 4 is 44.1 Å². The van der Waals surface area contributed by atoms with Gasteiger partial charge in [0.1, 0.15) is 0 Å². The Balaban J connectivity index is 1.68. The van der Waals surface area contributed by atoms with Crippen LogP contribution >= 0.6 is 11.8 Å². The van der Waals surface area contributed by atoms with E-state index in [4.69, 9.17) is 4.98 Å². The minimum Gasteiger partial charge on any atom is -0.256 e. The minimum atomic E-state index is -4.29. The van der Waals surface area contributed by atoms with E-state index in [1.54, 1.807) is 18.0 Å². The molecule has 182 valence electrons. The van der Waals surface area contributed by atoms with Crippen LogP contribution in [0.4, 0.5) is 13.2 Å². The van der Waals surface area contributed by atoms with Gasteiger partial charge in [-0.1, -0.05) is 81.9 Å². The third kappa shape index (κ3) is 3.43. The summed E-state index contributed by atoms with van der Waals surface area (Å²) < 4.78 is 41.4. The van der Waals surface area contributed by atoms with Crippen molar-refractivity contribution in [3.63, 3.8) is 0 Å². The quantitative estimate of drug-likeness (QED) is 0.224. The van der Waals surface area contributed by atoms with Gasteiger partial charge in [-0.2, -0.15) is 13.2 Å². The lowest BCUT2D eigenvalue weighted by Crippen LogP contribution is -2.34. The number of hydrogen-bond acceptors (Lipinski definition) is 2. The van der Waals surface area contributed by atoms with Crippen molar-refractivity contribution < 1.29 is 13.2 Å². The molecule has 4 aromatic carbocycles. The SMILES string of the molecule is CC(C)c1c2c(cc3ccccc13)-c1nccc3c1c(cc1cccc(CC(C)(C)C(F)(F)F)c13)S2. The van der Waals surface area contributed by atoms with Gasteiger partial charge >= 0.3 is 6.18 Å². The molecule has 0 spiro atoms. The lowest BCUT2D eigenvalue weighted by Gasteiger charge is -2.29. The first-order chi connectivity index (χ1) is 17.1. The van der Waals surface area contributed by atoms with Gasteiger partial charge in [-0.05, 0) is 68.6 Å². The van der Waals surface area contributed by atoms with Gasteiger partial charge in [0.2, 0.25) is 0 Å². The van der Waals surface area contributed by atoms with Crippen molar-refractivity contribution in [1.29, 1.82) is 0 Å². The molecule has 0 atom stereocenters. The summed E-state index contributed by atoms with van der Waals surface area (Å²) in [5.41, 5.74) is 2.23. The van der Waals surface area contributed by atoms with Crippen LogP contribution in [0.3, 0.4) is 0 Å². The zero-order valence-electron chi connectivity index (χ0n) is 20.6. The molecule has 6 rings (SSSR count). The molecular weight excluding hydrogens is 475 g/mol. The summed E-state index contributed by atoms with van der Waals surface area (Å²) in [5.74, 6) is 0.328. The summed E-state index contributed by atoms with van der Waals surface area (Å²) in [7, 11) is 0. The molecule has 1 nitrogen and oxygen atoms in total. The van der Waals surface area contributed by atoms with Crippen molar-refractivity contribution in [2.45, 2.75) is 56.0 Å². The molecular formula is C31H26F3NS. The summed E-state index contributed by atoms with van der Waals surface area (Å²) in [6.45, 7) is 7.01. The van der Waals surface area contributed by atoms with Gasteiger partial charge in [0.15, 0.2) is 0 Å². The molecule has 0 bridgehead atoms. The van der Waals surface area contributed by atoms with Crippen LogP contribution < -0.4 is 0 Å². The van der Waals surface area contributed by atoms with Gasteiger partial charge in [0.05, 0.1) is 11.1 Å². The molecule has 0 radical (unpaired) electrons. The highest BCUT2D eigenvalue weighted by Crippen LogP contribution is 2.53. The fourth-order valence-electron chi connectivity index (χ4n) is 5.54. The Morgan fingerprint density at radius 2 is 1.61 bits per heavy atom. The number of halogens is 3. The number of pyridine rings is 1. The van der Waals surface area contributed by atoms with Crippen LogP contribution in [0.2, 0.25) is 0 Å². The van der Waals surface area contributed by atoms with Gasteiger partial charge in [0.25, 0.3) is 0 Å². The fraction of sp³-hybridized carbons (Fsp3) is 0.258. The Bertz CT molecular complexity index is 1680. The second-order valence-electron chi connectivity index (χ2n) is 10.7. The van der Waals surface area contributed by atoms with Gasteiger partial charge in [0, 0.05) is 26.9 Å². The second-order valence-corrected chi connectivity index (χ2v) is 11.7. The lowest BCUT2D eigenvalue weighted by atomic mass is 9.82. The maximum absolute atomic E-state index is 13.8. The van der Waals surface area contributed by atoms with Crippen molar-refractivity contribution in [1.82, 2.24) is 4.98 Å². The van der Waals surface area contributed by atoms with E-state index in [-0.39, 0.29) is 6.42 Å². The van der Waals surface area contributed by atoms with E-state index >= 15 is 0 Å². The average Bonchev–Trinajstić information content (AvgIpc) is 2.82. The van der Waals surface area contributed by atoms with Crippen molar-refractivity contribution in [2.75, 3.05) is 0 Å². The Hall–Kier alpha value is -3.05. The Morgan fingerprint density at radius 1 is 0.861 bits per heavy atom. The predicted molar refractivity (Wildman–Crippen MR) is 144 cm³/mol. The molecule has 2 heterocycles. The Morgan fingerprint density at radius 3 is 2.36 bits per heavy atom. The minimum absolute atomic E-state index is 0.0776. The van der Waals surface area contributed by atoms with Crippen LogP contribution in [0.1, 0.15) is 44.7 Å². The molecule has 1 aromatic heterocycles. The number of aromatic nitrogens is 1. The van der Waals surface area contributed by atoms with Crippen molar-refractivity contribution in [3.05, 3.63) is 78.0 Å². The molecule has 0 unspecified atom stereocenters. The predicted octanol–water partition coefficient (Wildman–Crippen LogP) is 9.93. The van der Waals surface area contributed by atoms with Crippen LogP contribution in [0.15, 0.2) is 76.7 Å². The van der Waals surface area contributed by atoms with E-state index in [2.05, 4.69) is 50.2 Å². The monoisotopic (exact) mass is 501 g/mol. The van der Waals surface area contributed by atoms with E-state index in [1.165, 1.54) is 35.1 Å². The number of rotatable bonds is 3. The largest absolute Gasteiger partial charge is 0.394 e. The standard InChI is InChI=1S/C31H26F3NS/c1-17(2)25-21-11-6-5-8-18(21)14-23-28-27-22(12-13-35-28)26-19(15-24(27)36-29(23)25)9-7-10-20(26)16-30(3,4)31(32,33)34/h5-15,17H,16H2,1-4H3. The molecule has 36 heavy (non-hydrogen) atoms. The van der Waals surface area contributed by atoms with E-state index in [0.29, 0.717) is 5.92 Å². The molecule has 0 saturated heterocycles. The molecule has 0 fully saturated rings. The summed E-state index contributed by atoms with van der Waals surface area (Å²) in [6.07, 6.45) is -2.56. The molecule has 0 saturated carbocycles. The third-order valence-corrected chi connectivity index (χ3v) is 8.61. The summed E-state index contributed by atoms with van der Waals surface area (Å²) in [5, 5.41) is 6.30. The maximum Gasteiger partial charge on any atom is 0.394 e. The number of alkyl halides is 3. The van der Waals surface area contributed by atoms with E-state index in [9.17, 15) is 13.2 Å². The summed E-state index contributed by atoms with van der Waals surface area (Å²) in [4.78, 5) is 7.18. The zero-order valence-corrected chi connectivity index (χ0v) is 21.4.